The average Bonchev–Trinajstić information content (AvgIpc) is 2.86. The largest absolute Gasteiger partial charge is 0.348 e. The molecule has 2 saturated carbocycles. The van der Waals surface area contributed by atoms with E-state index in [0.29, 0.717) is 10.6 Å². The molecule has 2 aliphatic carbocycles. The van der Waals surface area contributed by atoms with Crippen LogP contribution in [-0.4, -0.2) is 11.9 Å². The minimum Gasteiger partial charge on any atom is -0.348 e. The van der Waals surface area contributed by atoms with Gasteiger partial charge in [-0.05, 0) is 60.3 Å². The van der Waals surface area contributed by atoms with Crippen molar-refractivity contribution < 1.29 is 4.79 Å². The van der Waals surface area contributed by atoms with E-state index in [-0.39, 0.29) is 22.8 Å². The maximum Gasteiger partial charge on any atom is 0.251 e. The summed E-state index contributed by atoms with van der Waals surface area (Å²) in [7, 11) is 0. The van der Waals surface area contributed by atoms with Crippen molar-refractivity contribution >= 4 is 17.5 Å². The van der Waals surface area contributed by atoms with E-state index in [1.54, 1.807) is 24.3 Å². The second-order valence-corrected chi connectivity index (χ2v) is 7.76. The molecule has 108 valence electrons. The molecule has 0 aliphatic heterocycles. The zero-order valence-electron chi connectivity index (χ0n) is 12.4. The van der Waals surface area contributed by atoms with Crippen molar-refractivity contribution in [2.24, 2.45) is 16.7 Å². The lowest BCUT2D eigenvalue weighted by Gasteiger charge is -2.43. The van der Waals surface area contributed by atoms with Crippen molar-refractivity contribution in [1.82, 2.24) is 5.32 Å². The van der Waals surface area contributed by atoms with Gasteiger partial charge in [-0.1, -0.05) is 32.4 Å². The van der Waals surface area contributed by atoms with Crippen LogP contribution in [-0.2, 0) is 0 Å². The molecule has 0 aromatic heterocycles. The van der Waals surface area contributed by atoms with Crippen molar-refractivity contribution in [2.45, 2.75) is 46.1 Å². The van der Waals surface area contributed by atoms with Gasteiger partial charge in [-0.25, -0.2) is 0 Å². The molecule has 20 heavy (non-hydrogen) atoms. The van der Waals surface area contributed by atoms with Crippen LogP contribution in [0.3, 0.4) is 0 Å². The number of benzene rings is 1. The van der Waals surface area contributed by atoms with E-state index in [0.717, 1.165) is 5.92 Å². The highest BCUT2D eigenvalue weighted by Gasteiger charge is 2.59. The molecule has 0 saturated heterocycles. The SMILES string of the molecule is CC1(C)[C@H]2CC[C@](C)(C2)[C@@H]1NC(=O)c1ccc(Cl)cc1. The van der Waals surface area contributed by atoms with Crippen molar-refractivity contribution in [3.05, 3.63) is 34.9 Å². The summed E-state index contributed by atoms with van der Waals surface area (Å²) in [6.45, 7) is 6.93. The van der Waals surface area contributed by atoms with Gasteiger partial charge in [0.15, 0.2) is 0 Å². The molecular formula is C17H22ClNO. The molecule has 3 atom stereocenters. The Bertz CT molecular complexity index is 532. The number of fused-ring (bicyclic) bond motifs is 2. The highest BCUT2D eigenvalue weighted by molar-refractivity contribution is 6.30. The fourth-order valence-electron chi connectivity index (χ4n) is 4.48. The van der Waals surface area contributed by atoms with E-state index < -0.39 is 0 Å². The molecule has 0 unspecified atom stereocenters. The second-order valence-electron chi connectivity index (χ2n) is 7.33. The monoisotopic (exact) mass is 291 g/mol. The summed E-state index contributed by atoms with van der Waals surface area (Å²) in [6, 6.07) is 7.38. The summed E-state index contributed by atoms with van der Waals surface area (Å²) in [5.41, 5.74) is 1.14. The Morgan fingerprint density at radius 2 is 1.90 bits per heavy atom. The molecule has 2 aliphatic rings. The summed E-state index contributed by atoms with van der Waals surface area (Å²) in [4.78, 5) is 12.5. The summed E-state index contributed by atoms with van der Waals surface area (Å²) in [5, 5.41) is 3.96. The van der Waals surface area contributed by atoms with Gasteiger partial charge in [0.2, 0.25) is 0 Å². The molecule has 0 radical (unpaired) electrons. The molecule has 1 amide bonds. The van der Waals surface area contributed by atoms with Crippen LogP contribution >= 0.6 is 11.6 Å². The number of hydrogen-bond acceptors (Lipinski definition) is 1. The maximum atomic E-state index is 12.5. The van der Waals surface area contributed by atoms with Crippen molar-refractivity contribution in [3.8, 4) is 0 Å². The third-order valence-electron chi connectivity index (χ3n) is 5.65. The Morgan fingerprint density at radius 3 is 2.45 bits per heavy atom. The third-order valence-corrected chi connectivity index (χ3v) is 5.90. The number of amides is 1. The molecule has 1 N–H and O–H groups in total. The van der Waals surface area contributed by atoms with Gasteiger partial charge in [0.05, 0.1) is 0 Å². The summed E-state index contributed by atoms with van der Waals surface area (Å²) >= 11 is 5.87. The molecule has 2 fully saturated rings. The van der Waals surface area contributed by atoms with Crippen molar-refractivity contribution in [3.63, 3.8) is 0 Å². The number of carbonyl (C=O) groups excluding carboxylic acids is 1. The zero-order valence-corrected chi connectivity index (χ0v) is 13.1. The van der Waals surface area contributed by atoms with Crippen LogP contribution in [0.1, 0.15) is 50.4 Å². The van der Waals surface area contributed by atoms with Crippen LogP contribution in [0.5, 0.6) is 0 Å². The predicted molar refractivity (Wildman–Crippen MR) is 81.9 cm³/mol. The highest BCUT2D eigenvalue weighted by Crippen LogP contribution is 2.62. The summed E-state index contributed by atoms with van der Waals surface area (Å²) in [6.07, 6.45) is 3.77. The third kappa shape index (κ3) is 2.05. The van der Waals surface area contributed by atoms with E-state index in [1.807, 2.05) is 0 Å². The number of carbonyl (C=O) groups is 1. The van der Waals surface area contributed by atoms with Gasteiger partial charge in [0.25, 0.3) is 5.91 Å². The Labute approximate surface area is 125 Å². The smallest absolute Gasteiger partial charge is 0.251 e. The van der Waals surface area contributed by atoms with E-state index in [9.17, 15) is 4.79 Å². The molecule has 0 spiro atoms. The van der Waals surface area contributed by atoms with Gasteiger partial charge < -0.3 is 5.32 Å². The van der Waals surface area contributed by atoms with Crippen LogP contribution in [0.15, 0.2) is 24.3 Å². The molecule has 3 heteroatoms. The van der Waals surface area contributed by atoms with Crippen molar-refractivity contribution in [2.75, 3.05) is 0 Å². The fraction of sp³-hybridized carbons (Fsp3) is 0.588. The van der Waals surface area contributed by atoms with Crippen LogP contribution in [0, 0.1) is 16.7 Å². The topological polar surface area (TPSA) is 29.1 Å². The lowest BCUT2D eigenvalue weighted by molar-refractivity contribution is 0.0737. The van der Waals surface area contributed by atoms with E-state index in [2.05, 4.69) is 26.1 Å². The quantitative estimate of drug-likeness (QED) is 0.865. The van der Waals surface area contributed by atoms with Crippen LogP contribution in [0.4, 0.5) is 0 Å². The van der Waals surface area contributed by atoms with Gasteiger partial charge in [-0.2, -0.15) is 0 Å². The van der Waals surface area contributed by atoms with Gasteiger partial charge >= 0.3 is 0 Å². The normalized spacial score (nSPS) is 34.2. The molecule has 3 rings (SSSR count). The number of hydrogen-bond donors (Lipinski definition) is 1. The average molecular weight is 292 g/mol. The summed E-state index contributed by atoms with van der Waals surface area (Å²) < 4.78 is 0. The summed E-state index contributed by atoms with van der Waals surface area (Å²) in [5.74, 6) is 0.761. The first-order valence-electron chi connectivity index (χ1n) is 7.39. The van der Waals surface area contributed by atoms with E-state index >= 15 is 0 Å². The zero-order chi connectivity index (χ0) is 14.5. The Hall–Kier alpha value is -1.02. The molecular weight excluding hydrogens is 270 g/mol. The molecule has 2 nitrogen and oxygen atoms in total. The first-order valence-corrected chi connectivity index (χ1v) is 7.77. The Morgan fingerprint density at radius 1 is 1.25 bits per heavy atom. The molecule has 2 bridgehead atoms. The predicted octanol–water partition coefficient (Wildman–Crippen LogP) is 4.28. The van der Waals surface area contributed by atoms with Crippen LogP contribution < -0.4 is 5.32 Å². The Kier molecular flexibility index (Phi) is 3.13. The maximum absolute atomic E-state index is 12.5. The van der Waals surface area contributed by atoms with Gasteiger partial charge in [0.1, 0.15) is 0 Å². The van der Waals surface area contributed by atoms with Crippen LogP contribution in [0.2, 0.25) is 5.02 Å². The van der Waals surface area contributed by atoms with Crippen LogP contribution in [0.25, 0.3) is 0 Å². The minimum absolute atomic E-state index is 0.0218. The van der Waals surface area contributed by atoms with Crippen molar-refractivity contribution in [1.29, 1.82) is 0 Å². The standard InChI is InChI=1S/C17H22ClNO/c1-16(2)12-8-9-17(3,10-12)15(16)19-14(20)11-4-6-13(18)7-5-11/h4-7,12,15H,8-10H2,1-3H3,(H,19,20)/t12-,15+,17+/m0/s1. The Balaban J connectivity index is 1.80. The minimum atomic E-state index is 0.0218. The highest BCUT2D eigenvalue weighted by atomic mass is 35.5. The lowest BCUT2D eigenvalue weighted by atomic mass is 9.68. The second kappa shape index (κ2) is 4.49. The molecule has 1 aromatic carbocycles. The molecule has 0 heterocycles. The first kappa shape index (κ1) is 13.9. The number of nitrogens with one attached hydrogen (secondary N) is 1. The van der Waals surface area contributed by atoms with Gasteiger partial charge in [0, 0.05) is 16.6 Å². The van der Waals surface area contributed by atoms with Gasteiger partial charge in [-0.3, -0.25) is 4.79 Å². The van der Waals surface area contributed by atoms with Gasteiger partial charge in [-0.15, -0.1) is 0 Å². The van der Waals surface area contributed by atoms with E-state index in [1.165, 1.54) is 19.3 Å². The number of halogens is 1. The van der Waals surface area contributed by atoms with E-state index in [4.69, 9.17) is 11.6 Å². The number of rotatable bonds is 2. The molecule has 1 aromatic rings. The lowest BCUT2D eigenvalue weighted by Crippen LogP contribution is -2.52. The fourth-order valence-corrected chi connectivity index (χ4v) is 4.60. The first-order chi connectivity index (χ1) is 9.33.